The summed E-state index contributed by atoms with van der Waals surface area (Å²) in [7, 11) is 0. The third-order valence-electron chi connectivity index (χ3n) is 4.91. The van der Waals surface area contributed by atoms with Gasteiger partial charge in [0.05, 0.1) is 12.2 Å². The summed E-state index contributed by atoms with van der Waals surface area (Å²) in [5, 5.41) is 2.56. The van der Waals surface area contributed by atoms with E-state index in [0.717, 1.165) is 31.5 Å². The number of fused-ring (bicyclic) bond motifs is 1. The summed E-state index contributed by atoms with van der Waals surface area (Å²) in [6.07, 6.45) is 7.32. The molecule has 1 heterocycles. The Balaban J connectivity index is 1.61. The van der Waals surface area contributed by atoms with E-state index in [-0.39, 0.29) is 18.1 Å². The molecule has 1 aliphatic carbocycles. The summed E-state index contributed by atoms with van der Waals surface area (Å²) < 4.78 is 26.5. The number of hydrogen-bond acceptors (Lipinski definition) is 2. The lowest BCUT2D eigenvalue weighted by molar-refractivity contribution is -0.119. The van der Waals surface area contributed by atoms with Crippen molar-refractivity contribution in [2.75, 3.05) is 18.4 Å². The van der Waals surface area contributed by atoms with Gasteiger partial charge in [0.2, 0.25) is 5.91 Å². The summed E-state index contributed by atoms with van der Waals surface area (Å²) in [6, 6.07) is 3.69. The Morgan fingerprint density at radius 2 is 1.95 bits per heavy atom. The number of halogens is 2. The van der Waals surface area contributed by atoms with E-state index in [1.165, 1.54) is 31.7 Å². The van der Waals surface area contributed by atoms with Gasteiger partial charge in [0.1, 0.15) is 11.6 Å². The molecule has 2 aliphatic rings. The number of hydrogen-bond donors (Lipinski definition) is 1. The Bertz CT molecular complexity index is 547. The highest BCUT2D eigenvalue weighted by Crippen LogP contribution is 2.35. The molecule has 0 aromatic heterocycles. The third kappa shape index (κ3) is 3.46. The largest absolute Gasteiger partial charge is 0.322 e. The molecule has 1 aromatic carbocycles. The van der Waals surface area contributed by atoms with Gasteiger partial charge in [0.15, 0.2) is 0 Å². The van der Waals surface area contributed by atoms with Gasteiger partial charge in [-0.25, -0.2) is 8.78 Å². The molecule has 0 bridgehead atoms. The Kier molecular flexibility index (Phi) is 4.71. The molecular weight excluding hydrogens is 286 g/mol. The van der Waals surface area contributed by atoms with Crippen LogP contribution in [0.5, 0.6) is 0 Å². The van der Waals surface area contributed by atoms with Crippen molar-refractivity contribution in [1.29, 1.82) is 0 Å². The Labute approximate surface area is 129 Å². The number of amides is 1. The van der Waals surface area contributed by atoms with Gasteiger partial charge in [-0.1, -0.05) is 12.8 Å². The van der Waals surface area contributed by atoms with Crippen molar-refractivity contribution < 1.29 is 13.6 Å². The molecule has 0 radical (unpaired) electrons. The molecule has 5 heteroatoms. The zero-order valence-corrected chi connectivity index (χ0v) is 12.7. The van der Waals surface area contributed by atoms with Gasteiger partial charge < -0.3 is 5.32 Å². The minimum Gasteiger partial charge on any atom is -0.322 e. The van der Waals surface area contributed by atoms with Crippen molar-refractivity contribution in [3.8, 4) is 0 Å². The van der Waals surface area contributed by atoms with Gasteiger partial charge >= 0.3 is 0 Å². The SMILES string of the molecule is O=C(CN1CCC[C@H]2CCCC[C@@H]21)Nc1ccc(F)cc1F. The molecule has 1 amide bonds. The molecule has 1 aliphatic heterocycles. The van der Waals surface area contributed by atoms with Crippen molar-refractivity contribution in [1.82, 2.24) is 4.90 Å². The maximum absolute atomic E-state index is 13.6. The minimum atomic E-state index is -0.734. The molecule has 1 saturated carbocycles. The fourth-order valence-electron chi connectivity index (χ4n) is 3.89. The van der Waals surface area contributed by atoms with Gasteiger partial charge in [0, 0.05) is 12.1 Å². The normalized spacial score (nSPS) is 25.5. The molecule has 3 nitrogen and oxygen atoms in total. The first kappa shape index (κ1) is 15.4. The number of carbonyl (C=O) groups excluding carboxylic acids is 1. The lowest BCUT2D eigenvalue weighted by Gasteiger charge is -2.43. The maximum atomic E-state index is 13.6. The minimum absolute atomic E-state index is 0.0450. The number of anilines is 1. The fraction of sp³-hybridized carbons (Fsp3) is 0.588. The lowest BCUT2D eigenvalue weighted by atomic mass is 9.78. The second kappa shape index (κ2) is 6.73. The number of benzene rings is 1. The second-order valence-electron chi connectivity index (χ2n) is 6.40. The van der Waals surface area contributed by atoms with E-state index in [1.807, 2.05) is 0 Å². The van der Waals surface area contributed by atoms with E-state index in [2.05, 4.69) is 10.2 Å². The summed E-state index contributed by atoms with van der Waals surface area (Å²) in [5.74, 6) is -0.895. The molecule has 1 aromatic rings. The van der Waals surface area contributed by atoms with E-state index >= 15 is 0 Å². The highest BCUT2D eigenvalue weighted by molar-refractivity contribution is 5.92. The molecule has 2 atom stereocenters. The zero-order chi connectivity index (χ0) is 15.5. The maximum Gasteiger partial charge on any atom is 0.238 e. The van der Waals surface area contributed by atoms with Crippen molar-refractivity contribution in [3.63, 3.8) is 0 Å². The molecule has 120 valence electrons. The van der Waals surface area contributed by atoms with Crippen LogP contribution < -0.4 is 5.32 Å². The Morgan fingerprint density at radius 1 is 1.18 bits per heavy atom. The van der Waals surface area contributed by atoms with Crippen molar-refractivity contribution in [2.45, 2.75) is 44.6 Å². The number of rotatable bonds is 3. The van der Waals surface area contributed by atoms with E-state index in [4.69, 9.17) is 0 Å². The first-order valence-corrected chi connectivity index (χ1v) is 8.12. The topological polar surface area (TPSA) is 32.3 Å². The summed E-state index contributed by atoms with van der Waals surface area (Å²) in [5.41, 5.74) is 0.0450. The van der Waals surface area contributed by atoms with Gasteiger partial charge in [-0.05, 0) is 50.3 Å². The molecule has 2 fully saturated rings. The van der Waals surface area contributed by atoms with Crippen molar-refractivity contribution >= 4 is 11.6 Å². The number of nitrogens with one attached hydrogen (secondary N) is 1. The van der Waals surface area contributed by atoms with Crippen LogP contribution in [0.2, 0.25) is 0 Å². The van der Waals surface area contributed by atoms with Gasteiger partial charge in [0.25, 0.3) is 0 Å². The first-order chi connectivity index (χ1) is 10.6. The molecule has 0 spiro atoms. The molecule has 3 rings (SSSR count). The predicted molar refractivity (Wildman–Crippen MR) is 81.5 cm³/mol. The van der Waals surface area contributed by atoms with Crippen molar-refractivity contribution in [2.24, 2.45) is 5.92 Å². The zero-order valence-electron chi connectivity index (χ0n) is 12.7. The molecular formula is C17H22F2N2O. The monoisotopic (exact) mass is 308 g/mol. The summed E-state index contributed by atoms with van der Waals surface area (Å²) in [6.45, 7) is 1.22. The quantitative estimate of drug-likeness (QED) is 0.926. The van der Waals surface area contributed by atoms with Crippen LogP contribution in [0.4, 0.5) is 14.5 Å². The standard InChI is InChI=1S/C17H22F2N2O/c18-13-7-8-15(14(19)10-13)20-17(22)11-21-9-3-5-12-4-1-2-6-16(12)21/h7-8,10,12,16H,1-6,9,11H2,(H,20,22)/t12-,16+/m1/s1. The molecule has 0 unspecified atom stereocenters. The van der Waals surface area contributed by atoms with Crippen LogP contribution in [0, 0.1) is 17.6 Å². The molecule has 1 N–H and O–H groups in total. The van der Waals surface area contributed by atoms with Crippen LogP contribution in [-0.4, -0.2) is 29.9 Å². The molecule has 1 saturated heterocycles. The van der Waals surface area contributed by atoms with Crippen LogP contribution in [0.25, 0.3) is 0 Å². The lowest BCUT2D eigenvalue weighted by Crippen LogP contribution is -2.49. The highest BCUT2D eigenvalue weighted by Gasteiger charge is 2.33. The fourth-order valence-corrected chi connectivity index (χ4v) is 3.89. The van der Waals surface area contributed by atoms with Crippen LogP contribution in [0.15, 0.2) is 18.2 Å². The second-order valence-corrected chi connectivity index (χ2v) is 6.40. The first-order valence-electron chi connectivity index (χ1n) is 8.12. The predicted octanol–water partition coefficient (Wildman–Crippen LogP) is 3.56. The van der Waals surface area contributed by atoms with E-state index in [1.54, 1.807) is 0 Å². The number of nitrogens with zero attached hydrogens (tertiary/aromatic N) is 1. The van der Waals surface area contributed by atoms with Crippen LogP contribution in [-0.2, 0) is 4.79 Å². The van der Waals surface area contributed by atoms with Crippen LogP contribution >= 0.6 is 0 Å². The average Bonchev–Trinajstić information content (AvgIpc) is 2.50. The Morgan fingerprint density at radius 3 is 2.77 bits per heavy atom. The highest BCUT2D eigenvalue weighted by atomic mass is 19.1. The smallest absolute Gasteiger partial charge is 0.238 e. The number of piperidine rings is 1. The number of likely N-dealkylation sites (tertiary alicyclic amines) is 1. The van der Waals surface area contributed by atoms with Crippen LogP contribution in [0.1, 0.15) is 38.5 Å². The van der Waals surface area contributed by atoms with Gasteiger partial charge in [-0.2, -0.15) is 0 Å². The summed E-state index contributed by atoms with van der Waals surface area (Å²) >= 11 is 0. The van der Waals surface area contributed by atoms with Gasteiger partial charge in [-0.3, -0.25) is 9.69 Å². The van der Waals surface area contributed by atoms with E-state index < -0.39 is 11.6 Å². The van der Waals surface area contributed by atoms with Gasteiger partial charge in [-0.15, -0.1) is 0 Å². The summed E-state index contributed by atoms with van der Waals surface area (Å²) in [4.78, 5) is 14.4. The third-order valence-corrected chi connectivity index (χ3v) is 4.91. The van der Waals surface area contributed by atoms with E-state index in [0.29, 0.717) is 12.0 Å². The number of carbonyl (C=O) groups is 1. The Hall–Kier alpha value is -1.49. The van der Waals surface area contributed by atoms with E-state index in [9.17, 15) is 13.6 Å². The molecule has 22 heavy (non-hydrogen) atoms. The van der Waals surface area contributed by atoms with Crippen LogP contribution in [0.3, 0.4) is 0 Å². The average molecular weight is 308 g/mol. The van der Waals surface area contributed by atoms with Crippen molar-refractivity contribution in [3.05, 3.63) is 29.8 Å².